The molecule has 4 rings (SSSR count). The average molecular weight is 445 g/mol. The van der Waals surface area contributed by atoms with Crippen molar-refractivity contribution >= 4 is 22.9 Å². The minimum atomic E-state index is -0.114. The van der Waals surface area contributed by atoms with Gasteiger partial charge >= 0.3 is 0 Å². The molecule has 0 aliphatic rings. The van der Waals surface area contributed by atoms with Crippen molar-refractivity contribution in [2.45, 2.75) is 34.6 Å². The van der Waals surface area contributed by atoms with Crippen molar-refractivity contribution in [3.05, 3.63) is 82.0 Å². The van der Waals surface area contributed by atoms with Crippen molar-refractivity contribution in [2.24, 2.45) is 0 Å². The number of hydrogen-bond donors (Lipinski definition) is 0. The van der Waals surface area contributed by atoms with Crippen LogP contribution in [0.2, 0.25) is 0 Å². The van der Waals surface area contributed by atoms with E-state index in [1.165, 1.54) is 13.8 Å². The molecule has 5 nitrogen and oxygen atoms in total. The molecule has 0 saturated carbocycles. The van der Waals surface area contributed by atoms with Crippen molar-refractivity contribution in [1.82, 2.24) is 9.55 Å². The fourth-order valence-electron chi connectivity index (χ4n) is 4.04. The van der Waals surface area contributed by atoms with E-state index in [-0.39, 0.29) is 11.6 Å². The van der Waals surface area contributed by atoms with Crippen molar-refractivity contribution in [3.8, 4) is 27.9 Å². The van der Waals surface area contributed by atoms with Gasteiger partial charge in [0.25, 0.3) is 0 Å². The van der Waals surface area contributed by atoms with Crippen LogP contribution in [0.15, 0.2) is 54.6 Å². The summed E-state index contributed by atoms with van der Waals surface area (Å²) >= 11 is 1.54. The molecule has 0 spiro atoms. The van der Waals surface area contributed by atoms with Gasteiger partial charge in [0.1, 0.15) is 11.5 Å². The van der Waals surface area contributed by atoms with Gasteiger partial charge in [-0.3, -0.25) is 14.2 Å². The van der Waals surface area contributed by atoms with Crippen molar-refractivity contribution in [1.29, 1.82) is 0 Å². The number of carbonyl (C=O) groups is 2. The smallest absolute Gasteiger partial charge is 0.194 e. The van der Waals surface area contributed by atoms with Gasteiger partial charge in [0.2, 0.25) is 0 Å². The maximum absolute atomic E-state index is 12.3. The number of carbonyl (C=O) groups excluding carboxylic acids is 2. The molecule has 0 bridgehead atoms. The molecule has 0 atom stereocenters. The molecule has 6 heteroatoms. The summed E-state index contributed by atoms with van der Waals surface area (Å²) in [6, 6.07) is 17.5. The van der Waals surface area contributed by atoms with Gasteiger partial charge in [-0.15, -0.1) is 11.3 Å². The Balaban J connectivity index is 1.71. The Hall–Kier alpha value is -3.51. The van der Waals surface area contributed by atoms with Crippen LogP contribution in [0.1, 0.15) is 50.8 Å². The summed E-state index contributed by atoms with van der Waals surface area (Å²) in [7, 11) is 0. The highest BCUT2D eigenvalue weighted by Crippen LogP contribution is 2.34. The Morgan fingerprint density at radius 3 is 1.88 bits per heavy atom. The van der Waals surface area contributed by atoms with E-state index in [2.05, 4.69) is 0 Å². The SMILES string of the molecule is CC(=O)c1c(C(C)=O)c(C)n(-c2nc(-c3ccc(Oc4ccccc4)cc3)c(C)s2)c1C. The number of para-hydroxylation sites is 1. The number of Topliss-reactive ketones (excluding diaryl/α,β-unsaturated/α-hetero) is 2. The second-order valence-electron chi connectivity index (χ2n) is 7.71. The Bertz CT molecular complexity index is 1280. The number of aryl methyl sites for hydroxylation is 1. The van der Waals surface area contributed by atoms with Crippen LogP contribution < -0.4 is 4.74 Å². The molecule has 0 saturated heterocycles. The number of ether oxygens (including phenoxy) is 1. The first-order chi connectivity index (χ1) is 15.3. The van der Waals surface area contributed by atoms with E-state index >= 15 is 0 Å². The third-order valence-electron chi connectivity index (χ3n) is 5.43. The molecule has 0 aliphatic heterocycles. The van der Waals surface area contributed by atoms with E-state index < -0.39 is 0 Å². The van der Waals surface area contributed by atoms with Gasteiger partial charge < -0.3 is 4.74 Å². The topological polar surface area (TPSA) is 61.2 Å². The predicted octanol–water partition coefficient (Wildman–Crippen LogP) is 6.72. The fourth-order valence-corrected chi connectivity index (χ4v) is 5.07. The van der Waals surface area contributed by atoms with E-state index in [1.54, 1.807) is 11.3 Å². The van der Waals surface area contributed by atoms with E-state index in [1.807, 2.05) is 79.9 Å². The first-order valence-corrected chi connectivity index (χ1v) is 11.1. The molecule has 2 aromatic heterocycles. The summed E-state index contributed by atoms with van der Waals surface area (Å²) in [4.78, 5) is 30.4. The van der Waals surface area contributed by atoms with Gasteiger partial charge in [0.05, 0.1) is 5.69 Å². The zero-order valence-corrected chi connectivity index (χ0v) is 19.5. The Labute approximate surface area is 191 Å². The molecule has 0 aliphatic carbocycles. The summed E-state index contributed by atoms with van der Waals surface area (Å²) in [6.07, 6.45) is 0. The van der Waals surface area contributed by atoms with Gasteiger partial charge in [-0.1, -0.05) is 18.2 Å². The molecule has 0 radical (unpaired) electrons. The van der Waals surface area contributed by atoms with Gasteiger partial charge in [-0.2, -0.15) is 0 Å². The van der Waals surface area contributed by atoms with Gasteiger partial charge in [-0.25, -0.2) is 4.98 Å². The summed E-state index contributed by atoms with van der Waals surface area (Å²) in [5, 5.41) is 0.743. The fraction of sp³-hybridized carbons (Fsp3) is 0.192. The number of hydrogen-bond acceptors (Lipinski definition) is 5. The normalized spacial score (nSPS) is 10.9. The molecule has 32 heavy (non-hydrogen) atoms. The predicted molar refractivity (Wildman–Crippen MR) is 128 cm³/mol. The molecular formula is C26H24N2O3S. The lowest BCUT2D eigenvalue weighted by Crippen LogP contribution is -2.02. The van der Waals surface area contributed by atoms with Crippen LogP contribution in [-0.4, -0.2) is 21.1 Å². The van der Waals surface area contributed by atoms with Crippen LogP contribution in [0.3, 0.4) is 0 Å². The largest absolute Gasteiger partial charge is 0.457 e. The third-order valence-corrected chi connectivity index (χ3v) is 6.39. The molecule has 0 amide bonds. The molecular weight excluding hydrogens is 420 g/mol. The van der Waals surface area contributed by atoms with Gasteiger partial charge in [-0.05, 0) is 71.0 Å². The van der Waals surface area contributed by atoms with Crippen molar-refractivity contribution < 1.29 is 14.3 Å². The molecule has 0 N–H and O–H groups in total. The monoisotopic (exact) mass is 444 g/mol. The van der Waals surface area contributed by atoms with Crippen molar-refractivity contribution in [3.63, 3.8) is 0 Å². The minimum Gasteiger partial charge on any atom is -0.457 e. The van der Waals surface area contributed by atoms with Crippen LogP contribution in [-0.2, 0) is 0 Å². The van der Waals surface area contributed by atoms with Crippen LogP contribution >= 0.6 is 11.3 Å². The van der Waals surface area contributed by atoms with Gasteiger partial charge in [0, 0.05) is 33.0 Å². The molecule has 0 fully saturated rings. The van der Waals surface area contributed by atoms with Crippen LogP contribution in [0.5, 0.6) is 11.5 Å². The second-order valence-corrected chi connectivity index (χ2v) is 8.89. The lowest BCUT2D eigenvalue weighted by Gasteiger charge is -2.06. The molecule has 2 aromatic carbocycles. The number of nitrogens with zero attached hydrogens (tertiary/aromatic N) is 2. The Morgan fingerprint density at radius 1 is 0.812 bits per heavy atom. The zero-order valence-electron chi connectivity index (χ0n) is 18.7. The maximum atomic E-state index is 12.3. The lowest BCUT2D eigenvalue weighted by molar-refractivity contribution is 0.0981. The van der Waals surface area contributed by atoms with Crippen LogP contribution in [0, 0.1) is 20.8 Å². The summed E-state index contributed by atoms with van der Waals surface area (Å²) in [5.41, 5.74) is 4.29. The summed E-state index contributed by atoms with van der Waals surface area (Å²) < 4.78 is 7.80. The summed E-state index contributed by atoms with van der Waals surface area (Å²) in [5.74, 6) is 1.31. The van der Waals surface area contributed by atoms with Gasteiger partial charge in [0.15, 0.2) is 16.7 Å². The maximum Gasteiger partial charge on any atom is 0.194 e. The summed E-state index contributed by atoms with van der Waals surface area (Å²) in [6.45, 7) is 8.74. The number of ketones is 2. The van der Waals surface area contributed by atoms with E-state index in [4.69, 9.17) is 9.72 Å². The van der Waals surface area contributed by atoms with E-state index in [9.17, 15) is 9.59 Å². The lowest BCUT2D eigenvalue weighted by atomic mass is 10.0. The molecule has 0 unspecified atom stereocenters. The Kier molecular flexibility index (Phi) is 5.80. The number of aromatic nitrogens is 2. The van der Waals surface area contributed by atoms with Crippen molar-refractivity contribution in [2.75, 3.05) is 0 Å². The number of benzene rings is 2. The molecule has 162 valence electrons. The Morgan fingerprint density at radius 2 is 1.34 bits per heavy atom. The quantitative estimate of drug-likeness (QED) is 0.310. The molecule has 4 aromatic rings. The molecule has 2 heterocycles. The highest BCUT2D eigenvalue weighted by Gasteiger charge is 2.26. The zero-order chi connectivity index (χ0) is 23.0. The first kappa shape index (κ1) is 21.7. The van der Waals surface area contributed by atoms with E-state index in [0.717, 1.165) is 44.2 Å². The standard InChI is InChI=1S/C26H24N2O3S/c1-15-23(17(3)29)24(18(4)30)16(2)28(15)26-27-25(19(5)32-26)20-11-13-22(14-12-20)31-21-9-7-6-8-10-21/h6-14H,1-5H3. The third kappa shape index (κ3) is 3.89. The first-order valence-electron chi connectivity index (χ1n) is 10.3. The average Bonchev–Trinajstić information content (AvgIpc) is 3.25. The second kappa shape index (κ2) is 8.55. The minimum absolute atomic E-state index is 0.114. The highest BCUT2D eigenvalue weighted by molar-refractivity contribution is 7.14. The van der Waals surface area contributed by atoms with Crippen LogP contribution in [0.4, 0.5) is 0 Å². The highest BCUT2D eigenvalue weighted by atomic mass is 32.1. The van der Waals surface area contributed by atoms with Crippen LogP contribution in [0.25, 0.3) is 16.4 Å². The van der Waals surface area contributed by atoms with E-state index in [0.29, 0.717) is 11.1 Å². The number of thiazole rings is 1. The number of rotatable bonds is 6.